The van der Waals surface area contributed by atoms with E-state index in [1.807, 2.05) is 6.92 Å². The lowest BCUT2D eigenvalue weighted by atomic mass is 9.95. The van der Waals surface area contributed by atoms with Crippen LogP contribution in [0.15, 0.2) is 29.3 Å². The molecule has 1 fully saturated rings. The molecule has 0 unspecified atom stereocenters. The number of carbonyl (C=O) groups excluding carboxylic acids is 1. The molecule has 0 aliphatic heterocycles. The molecule has 0 aromatic heterocycles. The predicted octanol–water partition coefficient (Wildman–Crippen LogP) is 3.51. The van der Waals surface area contributed by atoms with Crippen LogP contribution in [0, 0.1) is 6.92 Å². The highest BCUT2D eigenvalue weighted by molar-refractivity contribution is 14.0. The Morgan fingerprint density at radius 2 is 1.81 bits per heavy atom. The minimum atomic E-state index is 0. The fraction of sp³-hybridized carbons (Fsp3) is 0.600. The van der Waals surface area contributed by atoms with Gasteiger partial charge in [0.25, 0.3) is 0 Å². The number of guanidine groups is 1. The summed E-state index contributed by atoms with van der Waals surface area (Å²) in [4.78, 5) is 16.6. The van der Waals surface area contributed by atoms with Gasteiger partial charge in [0.2, 0.25) is 5.91 Å². The number of aryl methyl sites for hydroxylation is 1. The van der Waals surface area contributed by atoms with Gasteiger partial charge in [0, 0.05) is 25.6 Å². The van der Waals surface area contributed by atoms with Crippen molar-refractivity contribution in [2.75, 3.05) is 13.1 Å². The second-order valence-electron chi connectivity index (χ2n) is 6.76. The van der Waals surface area contributed by atoms with Crippen molar-refractivity contribution < 1.29 is 4.79 Å². The van der Waals surface area contributed by atoms with Crippen LogP contribution in [0.3, 0.4) is 0 Å². The number of benzene rings is 1. The summed E-state index contributed by atoms with van der Waals surface area (Å²) >= 11 is 0. The second-order valence-corrected chi connectivity index (χ2v) is 6.76. The van der Waals surface area contributed by atoms with Gasteiger partial charge in [0.15, 0.2) is 5.96 Å². The highest BCUT2D eigenvalue weighted by Gasteiger charge is 2.15. The third-order valence-electron chi connectivity index (χ3n) is 4.50. The molecule has 1 aliphatic rings. The molecule has 1 aliphatic carbocycles. The lowest BCUT2D eigenvalue weighted by Crippen LogP contribution is -2.41. The van der Waals surface area contributed by atoms with E-state index in [-0.39, 0.29) is 29.9 Å². The first-order valence-electron chi connectivity index (χ1n) is 9.54. The first-order valence-corrected chi connectivity index (χ1v) is 9.54. The van der Waals surface area contributed by atoms with Crippen molar-refractivity contribution >= 4 is 35.8 Å². The Labute approximate surface area is 174 Å². The third kappa shape index (κ3) is 8.87. The zero-order chi connectivity index (χ0) is 17.9. The topological polar surface area (TPSA) is 65.5 Å². The Hall–Kier alpha value is -1.31. The first kappa shape index (κ1) is 22.7. The Balaban J connectivity index is 0.00000338. The largest absolute Gasteiger partial charge is 0.357 e. The highest BCUT2D eigenvalue weighted by atomic mass is 127. The van der Waals surface area contributed by atoms with Gasteiger partial charge in [0.1, 0.15) is 0 Å². The molecule has 1 aromatic carbocycles. The van der Waals surface area contributed by atoms with E-state index in [1.165, 1.54) is 30.4 Å². The molecule has 0 bridgehead atoms. The molecule has 2 rings (SSSR count). The van der Waals surface area contributed by atoms with E-state index >= 15 is 0 Å². The van der Waals surface area contributed by atoms with Crippen molar-refractivity contribution in [1.29, 1.82) is 0 Å². The predicted molar refractivity (Wildman–Crippen MR) is 119 cm³/mol. The maximum Gasteiger partial charge on any atom is 0.221 e. The summed E-state index contributed by atoms with van der Waals surface area (Å²) in [6, 6.07) is 8.77. The van der Waals surface area contributed by atoms with Gasteiger partial charge in [0.05, 0.1) is 6.54 Å². The molecule has 0 saturated heterocycles. The van der Waals surface area contributed by atoms with Gasteiger partial charge in [-0.15, -0.1) is 24.0 Å². The molecule has 26 heavy (non-hydrogen) atoms. The molecule has 0 heterocycles. The monoisotopic (exact) mass is 472 g/mol. The number of nitrogens with one attached hydrogen (secondary N) is 3. The van der Waals surface area contributed by atoms with Crippen LogP contribution in [0.25, 0.3) is 0 Å². The maximum atomic E-state index is 12.1. The number of hydrogen-bond donors (Lipinski definition) is 3. The molecule has 0 spiro atoms. The van der Waals surface area contributed by atoms with Gasteiger partial charge < -0.3 is 16.0 Å². The van der Waals surface area contributed by atoms with Crippen molar-refractivity contribution in [2.24, 2.45) is 4.99 Å². The van der Waals surface area contributed by atoms with Gasteiger partial charge >= 0.3 is 0 Å². The molecule has 1 saturated carbocycles. The van der Waals surface area contributed by atoms with Crippen LogP contribution in [0.1, 0.15) is 56.6 Å². The lowest BCUT2D eigenvalue weighted by molar-refractivity contribution is -0.121. The van der Waals surface area contributed by atoms with Gasteiger partial charge in [-0.1, -0.05) is 49.1 Å². The zero-order valence-corrected chi connectivity index (χ0v) is 18.3. The van der Waals surface area contributed by atoms with Gasteiger partial charge in [-0.25, -0.2) is 4.99 Å². The summed E-state index contributed by atoms with van der Waals surface area (Å²) in [5.74, 6) is 0.891. The summed E-state index contributed by atoms with van der Waals surface area (Å²) in [7, 11) is 0. The quantitative estimate of drug-likeness (QED) is 0.323. The van der Waals surface area contributed by atoms with Crippen molar-refractivity contribution in [2.45, 2.75) is 65.0 Å². The fourth-order valence-electron chi connectivity index (χ4n) is 3.05. The third-order valence-corrected chi connectivity index (χ3v) is 4.50. The average Bonchev–Trinajstić information content (AvgIpc) is 2.62. The number of aliphatic imine (C=N–C) groups is 1. The Morgan fingerprint density at radius 3 is 2.46 bits per heavy atom. The van der Waals surface area contributed by atoms with Crippen LogP contribution in [-0.4, -0.2) is 31.0 Å². The number of rotatable bonds is 7. The SMILES string of the molecule is CCNC(=NCc1ccc(C)cc1)NCCC(=O)NC1CCCCC1.I. The lowest BCUT2D eigenvalue weighted by Gasteiger charge is -2.22. The first-order chi connectivity index (χ1) is 12.2. The zero-order valence-electron chi connectivity index (χ0n) is 16.0. The molecule has 0 radical (unpaired) electrons. The second kappa shape index (κ2) is 12.9. The summed E-state index contributed by atoms with van der Waals surface area (Å²) in [6.45, 7) is 6.14. The molecule has 5 nitrogen and oxygen atoms in total. The van der Waals surface area contributed by atoms with E-state index in [9.17, 15) is 4.79 Å². The fourth-order valence-corrected chi connectivity index (χ4v) is 3.05. The minimum Gasteiger partial charge on any atom is -0.357 e. The van der Waals surface area contributed by atoms with Crippen LogP contribution < -0.4 is 16.0 Å². The molecule has 0 atom stereocenters. The normalized spacial score (nSPS) is 15.1. The Bertz CT molecular complexity index is 553. The average molecular weight is 472 g/mol. The molecule has 146 valence electrons. The Morgan fingerprint density at radius 1 is 1.12 bits per heavy atom. The van der Waals surface area contributed by atoms with E-state index in [2.05, 4.69) is 52.1 Å². The van der Waals surface area contributed by atoms with Crippen LogP contribution in [0.5, 0.6) is 0 Å². The van der Waals surface area contributed by atoms with Crippen LogP contribution in [0.2, 0.25) is 0 Å². The summed E-state index contributed by atoms with van der Waals surface area (Å²) in [5.41, 5.74) is 2.43. The highest BCUT2D eigenvalue weighted by Crippen LogP contribution is 2.17. The van der Waals surface area contributed by atoms with Crippen molar-refractivity contribution in [3.63, 3.8) is 0 Å². The summed E-state index contributed by atoms with van der Waals surface area (Å²) in [5, 5.41) is 9.62. The van der Waals surface area contributed by atoms with Crippen molar-refractivity contribution in [1.82, 2.24) is 16.0 Å². The van der Waals surface area contributed by atoms with Crippen molar-refractivity contribution in [3.05, 3.63) is 35.4 Å². The van der Waals surface area contributed by atoms with E-state index in [1.54, 1.807) is 0 Å². The molecular weight excluding hydrogens is 439 g/mol. The van der Waals surface area contributed by atoms with Gasteiger partial charge in [-0.2, -0.15) is 0 Å². The van der Waals surface area contributed by atoms with E-state index in [4.69, 9.17) is 0 Å². The summed E-state index contributed by atoms with van der Waals surface area (Å²) in [6.07, 6.45) is 6.50. The van der Waals surface area contributed by atoms with E-state index in [0.717, 1.165) is 25.3 Å². The maximum absolute atomic E-state index is 12.1. The number of amides is 1. The molecule has 6 heteroatoms. The Kier molecular flexibility index (Phi) is 11.3. The molecular formula is C20H33IN4O. The minimum absolute atomic E-state index is 0. The number of halogens is 1. The number of hydrogen-bond acceptors (Lipinski definition) is 2. The van der Waals surface area contributed by atoms with Crippen LogP contribution >= 0.6 is 24.0 Å². The van der Waals surface area contributed by atoms with E-state index < -0.39 is 0 Å². The molecule has 3 N–H and O–H groups in total. The van der Waals surface area contributed by atoms with Crippen LogP contribution in [0.4, 0.5) is 0 Å². The molecule has 1 aromatic rings. The van der Waals surface area contributed by atoms with Crippen molar-refractivity contribution in [3.8, 4) is 0 Å². The van der Waals surface area contributed by atoms with Gasteiger partial charge in [-0.3, -0.25) is 4.79 Å². The number of nitrogens with zero attached hydrogens (tertiary/aromatic N) is 1. The summed E-state index contributed by atoms with van der Waals surface area (Å²) < 4.78 is 0. The smallest absolute Gasteiger partial charge is 0.221 e. The van der Waals surface area contributed by atoms with E-state index in [0.29, 0.717) is 25.6 Å². The molecule has 1 amide bonds. The standard InChI is InChI=1S/C20H32N4O.HI/c1-3-21-20(23-15-17-11-9-16(2)10-12-17)22-14-13-19(25)24-18-7-5-4-6-8-18;/h9-12,18H,3-8,13-15H2,1-2H3,(H,24,25)(H2,21,22,23);1H. The van der Waals surface area contributed by atoms with Crippen LogP contribution in [-0.2, 0) is 11.3 Å². The van der Waals surface area contributed by atoms with Gasteiger partial charge in [-0.05, 0) is 32.3 Å². The number of carbonyl (C=O) groups is 1.